The zero-order chi connectivity index (χ0) is 29.6. The van der Waals surface area contributed by atoms with Crippen molar-refractivity contribution in [3.63, 3.8) is 0 Å². The number of hydrogen-bond donors (Lipinski definition) is 4. The Balaban J connectivity index is 1.46. The van der Waals surface area contributed by atoms with Gasteiger partial charge in [-0.2, -0.15) is 4.72 Å². The first-order valence-electron chi connectivity index (χ1n) is 13.8. The van der Waals surface area contributed by atoms with Crippen LogP contribution in [-0.2, 0) is 29.1 Å². The van der Waals surface area contributed by atoms with E-state index in [1.165, 1.54) is 6.07 Å². The molecule has 3 atom stereocenters. The van der Waals surface area contributed by atoms with Crippen LogP contribution in [-0.4, -0.2) is 82.6 Å². The van der Waals surface area contributed by atoms with Gasteiger partial charge >= 0.3 is 6.09 Å². The molecular weight excluding hydrogens is 550 g/mol. The number of hydrogen-bond acceptors (Lipinski definition) is 8. The normalized spacial score (nSPS) is 19.6. The van der Waals surface area contributed by atoms with Gasteiger partial charge in [-0.3, -0.25) is 15.5 Å². The van der Waals surface area contributed by atoms with Crippen molar-refractivity contribution in [3.05, 3.63) is 42.5 Å². The quantitative estimate of drug-likeness (QED) is 0.176. The van der Waals surface area contributed by atoms with Crippen LogP contribution in [0.5, 0.6) is 0 Å². The highest BCUT2D eigenvalue weighted by Crippen LogP contribution is 2.50. The van der Waals surface area contributed by atoms with Crippen LogP contribution < -0.4 is 15.4 Å². The van der Waals surface area contributed by atoms with Crippen LogP contribution in [0.1, 0.15) is 33.1 Å². The Morgan fingerprint density at radius 3 is 2.59 bits per heavy atom. The van der Waals surface area contributed by atoms with Crippen molar-refractivity contribution >= 4 is 45.0 Å². The molecule has 12 nitrogen and oxygen atoms in total. The second-order valence-corrected chi connectivity index (χ2v) is 12.0. The molecule has 1 aliphatic heterocycles. The molecule has 0 bridgehead atoms. The van der Waals surface area contributed by atoms with Crippen molar-refractivity contribution in [2.45, 2.75) is 50.2 Å². The summed E-state index contributed by atoms with van der Waals surface area (Å²) in [7, 11) is -4.12. The number of fused-ring (bicyclic) bond motifs is 1. The van der Waals surface area contributed by atoms with Crippen LogP contribution in [0.15, 0.2) is 47.4 Å². The Kier molecular flexibility index (Phi) is 9.61. The topological polar surface area (TPSA) is 167 Å². The largest absolute Gasteiger partial charge is 0.450 e. The van der Waals surface area contributed by atoms with Crippen LogP contribution in [0.3, 0.4) is 0 Å². The summed E-state index contributed by atoms with van der Waals surface area (Å²) >= 11 is 0. The third-order valence-corrected chi connectivity index (χ3v) is 9.20. The average molecular weight is 588 g/mol. The van der Waals surface area contributed by atoms with Gasteiger partial charge in [0.05, 0.1) is 35.7 Å². The van der Waals surface area contributed by atoms with E-state index in [1.807, 2.05) is 24.3 Å². The average Bonchev–Trinajstić information content (AvgIpc) is 3.82. The number of rotatable bonds is 11. The van der Waals surface area contributed by atoms with Crippen LogP contribution in [0, 0.1) is 16.7 Å². The Morgan fingerprint density at radius 1 is 1.20 bits per heavy atom. The minimum atomic E-state index is -4.12. The number of guanidine groups is 1. The van der Waals surface area contributed by atoms with E-state index in [4.69, 9.17) is 14.9 Å². The van der Waals surface area contributed by atoms with Crippen molar-refractivity contribution in [2.75, 3.05) is 32.8 Å². The zero-order valence-electron chi connectivity index (χ0n) is 23.2. The number of carbonyl (C=O) groups excluding carboxylic acids is 3. The molecule has 13 heteroatoms. The molecule has 222 valence electrons. The van der Waals surface area contributed by atoms with Gasteiger partial charge in [0.1, 0.15) is 6.29 Å². The van der Waals surface area contributed by atoms with Gasteiger partial charge in [-0.1, -0.05) is 37.3 Å². The van der Waals surface area contributed by atoms with Gasteiger partial charge in [0.2, 0.25) is 21.9 Å². The molecule has 2 amide bonds. The number of aldehydes is 1. The lowest BCUT2D eigenvalue weighted by Gasteiger charge is -2.38. The van der Waals surface area contributed by atoms with E-state index in [-0.39, 0.29) is 49.5 Å². The van der Waals surface area contributed by atoms with Gasteiger partial charge < -0.3 is 24.5 Å². The van der Waals surface area contributed by atoms with Gasteiger partial charge in [-0.25, -0.2) is 13.2 Å². The number of carbonyl (C=O) groups is 3. The summed E-state index contributed by atoms with van der Waals surface area (Å²) in [6, 6.07) is 10.8. The Hall–Kier alpha value is -3.55. The van der Waals surface area contributed by atoms with Crippen LogP contribution in [0.25, 0.3) is 10.8 Å². The molecule has 0 aromatic heterocycles. The SMILES string of the molecule is CCOC(=O)NC(=N)N1CCOC(CNC(=O)C(CC)(C2CC2)C(C=O)NS(=O)(=O)c2ccc3ccccc3c2)C1. The van der Waals surface area contributed by atoms with Crippen molar-refractivity contribution in [1.82, 2.24) is 20.3 Å². The predicted molar refractivity (Wildman–Crippen MR) is 152 cm³/mol. The number of nitrogens with zero attached hydrogens (tertiary/aromatic N) is 1. The first-order valence-corrected chi connectivity index (χ1v) is 15.3. The molecular formula is C28H37N5O7S. The number of sulfonamides is 1. The predicted octanol–water partition coefficient (Wildman–Crippen LogP) is 1.99. The second-order valence-electron chi connectivity index (χ2n) is 10.3. The molecule has 1 heterocycles. The smallest absolute Gasteiger partial charge is 0.413 e. The summed E-state index contributed by atoms with van der Waals surface area (Å²) in [5.74, 6) is -0.720. The van der Waals surface area contributed by atoms with Crippen LogP contribution >= 0.6 is 0 Å². The first kappa shape index (κ1) is 30.4. The molecule has 1 saturated heterocycles. The summed E-state index contributed by atoms with van der Waals surface area (Å²) in [6.45, 7) is 4.59. The summed E-state index contributed by atoms with van der Waals surface area (Å²) in [4.78, 5) is 39.5. The molecule has 41 heavy (non-hydrogen) atoms. The number of benzene rings is 2. The molecule has 1 saturated carbocycles. The minimum Gasteiger partial charge on any atom is -0.450 e. The molecule has 2 aromatic rings. The fraction of sp³-hybridized carbons (Fsp3) is 0.500. The monoisotopic (exact) mass is 587 g/mol. The third-order valence-electron chi connectivity index (χ3n) is 7.76. The third kappa shape index (κ3) is 6.85. The maximum absolute atomic E-state index is 13.8. The van der Waals surface area contributed by atoms with Gasteiger partial charge in [0.15, 0.2) is 0 Å². The summed E-state index contributed by atoms with van der Waals surface area (Å²) in [6.07, 6.45) is 0.952. The van der Waals surface area contributed by atoms with Crippen LogP contribution in [0.4, 0.5) is 4.79 Å². The fourth-order valence-corrected chi connectivity index (χ4v) is 6.70. The van der Waals surface area contributed by atoms with E-state index in [0.29, 0.717) is 25.7 Å². The summed E-state index contributed by atoms with van der Waals surface area (Å²) in [5, 5.41) is 15.0. The number of ether oxygens (including phenoxy) is 2. The van der Waals surface area contributed by atoms with E-state index in [9.17, 15) is 22.8 Å². The van der Waals surface area contributed by atoms with Crippen molar-refractivity contribution in [1.29, 1.82) is 5.41 Å². The van der Waals surface area contributed by atoms with Gasteiger partial charge in [-0.15, -0.1) is 0 Å². The summed E-state index contributed by atoms with van der Waals surface area (Å²) in [5.41, 5.74) is -1.28. The molecule has 2 aromatic carbocycles. The molecule has 1 aliphatic carbocycles. The van der Waals surface area contributed by atoms with E-state index < -0.39 is 39.6 Å². The van der Waals surface area contributed by atoms with Crippen LogP contribution in [0.2, 0.25) is 0 Å². The van der Waals surface area contributed by atoms with Gasteiger partial charge in [-0.05, 0) is 55.0 Å². The Morgan fingerprint density at radius 2 is 1.93 bits per heavy atom. The fourth-order valence-electron chi connectivity index (χ4n) is 5.43. The standard InChI is InChI=1S/C28H37N5O7S/c1-3-28(21-10-11-21,24(18-34)32-41(37,38)23-12-9-19-7-5-6-8-20(19)15-23)25(35)30-16-22-17-33(13-14-40-22)26(29)31-27(36)39-4-2/h5-9,12,15,18,21-22,24,32H,3-4,10-11,13-14,16-17H2,1-2H3,(H,30,35)(H2,29,31,36). The molecule has 2 aliphatic rings. The second kappa shape index (κ2) is 13.0. The molecule has 0 radical (unpaired) electrons. The van der Waals surface area contributed by atoms with Crippen molar-refractivity contribution in [2.24, 2.45) is 11.3 Å². The lowest BCUT2D eigenvalue weighted by molar-refractivity contribution is -0.137. The molecule has 0 spiro atoms. The first-order chi connectivity index (χ1) is 19.6. The highest BCUT2D eigenvalue weighted by Gasteiger charge is 2.55. The van der Waals surface area contributed by atoms with E-state index >= 15 is 0 Å². The van der Waals surface area contributed by atoms with Crippen molar-refractivity contribution < 1.29 is 32.3 Å². The Bertz CT molecular complexity index is 1400. The van der Waals surface area contributed by atoms with Gasteiger partial charge in [0.25, 0.3) is 0 Å². The van der Waals surface area contributed by atoms with E-state index in [2.05, 4.69) is 15.4 Å². The molecule has 2 fully saturated rings. The number of amides is 2. The lowest BCUT2D eigenvalue weighted by Crippen LogP contribution is -2.59. The number of nitrogens with one attached hydrogen (secondary N) is 4. The summed E-state index contributed by atoms with van der Waals surface area (Å²) < 4.78 is 39.9. The Labute approximate surface area is 239 Å². The van der Waals surface area contributed by atoms with Crippen molar-refractivity contribution in [3.8, 4) is 0 Å². The number of alkyl carbamates (subject to hydrolysis) is 1. The molecule has 4 N–H and O–H groups in total. The molecule has 3 unspecified atom stereocenters. The van der Waals surface area contributed by atoms with E-state index in [0.717, 1.165) is 10.8 Å². The maximum Gasteiger partial charge on any atom is 0.413 e. The number of morpholine rings is 1. The minimum absolute atomic E-state index is 0.0128. The molecule has 4 rings (SSSR count). The lowest BCUT2D eigenvalue weighted by atomic mass is 9.73. The van der Waals surface area contributed by atoms with Gasteiger partial charge in [0, 0.05) is 19.6 Å². The van der Waals surface area contributed by atoms with E-state index in [1.54, 1.807) is 30.9 Å². The zero-order valence-corrected chi connectivity index (χ0v) is 24.0. The maximum atomic E-state index is 13.8. The highest BCUT2D eigenvalue weighted by molar-refractivity contribution is 7.89. The highest BCUT2D eigenvalue weighted by atomic mass is 32.2.